The first kappa shape index (κ1) is 12.5. The van der Waals surface area contributed by atoms with Crippen LogP contribution in [0.2, 0.25) is 0 Å². The van der Waals surface area contributed by atoms with Gasteiger partial charge in [-0.15, -0.1) is 0 Å². The summed E-state index contributed by atoms with van der Waals surface area (Å²) in [5, 5.41) is 0. The number of nitrogens with two attached hydrogens (primary N) is 1. The molecule has 5 heteroatoms. The van der Waals surface area contributed by atoms with Gasteiger partial charge < -0.3 is 14.3 Å². The Morgan fingerprint density at radius 1 is 1.25 bits per heavy atom. The van der Waals surface area contributed by atoms with Crippen molar-refractivity contribution >= 4 is 6.29 Å². The van der Waals surface area contributed by atoms with E-state index in [0.29, 0.717) is 30.1 Å². The summed E-state index contributed by atoms with van der Waals surface area (Å²) in [5.74, 6) is 5.95. The van der Waals surface area contributed by atoms with Crippen molar-refractivity contribution in [2.75, 3.05) is 20.8 Å². The first-order valence-corrected chi connectivity index (χ1v) is 4.79. The predicted molar refractivity (Wildman–Crippen MR) is 58.8 cm³/mol. The van der Waals surface area contributed by atoms with Gasteiger partial charge in [-0.1, -0.05) is 6.07 Å². The van der Waals surface area contributed by atoms with Crippen LogP contribution >= 0.6 is 0 Å². The summed E-state index contributed by atoms with van der Waals surface area (Å²) < 4.78 is 10.4. The van der Waals surface area contributed by atoms with Crippen LogP contribution in [-0.4, -0.2) is 27.1 Å². The van der Waals surface area contributed by atoms with Crippen molar-refractivity contribution in [2.45, 2.75) is 6.42 Å². The SMILES string of the molecule is COc1c(C=O)ccc(CCON)c1OC. The van der Waals surface area contributed by atoms with E-state index in [2.05, 4.69) is 4.84 Å². The number of methoxy groups -OCH3 is 2. The Kier molecular flexibility index (Phi) is 4.75. The molecule has 2 N–H and O–H groups in total. The van der Waals surface area contributed by atoms with Crippen molar-refractivity contribution in [3.8, 4) is 11.5 Å². The zero-order valence-corrected chi connectivity index (χ0v) is 9.36. The average molecular weight is 225 g/mol. The Labute approximate surface area is 94.1 Å². The van der Waals surface area contributed by atoms with Gasteiger partial charge in [0, 0.05) is 12.0 Å². The molecule has 16 heavy (non-hydrogen) atoms. The lowest BCUT2D eigenvalue weighted by atomic mass is 10.1. The highest BCUT2D eigenvalue weighted by Crippen LogP contribution is 2.34. The average Bonchev–Trinajstić information content (AvgIpc) is 2.34. The van der Waals surface area contributed by atoms with Crippen molar-refractivity contribution in [1.82, 2.24) is 0 Å². The summed E-state index contributed by atoms with van der Waals surface area (Å²) in [7, 11) is 3.02. The second-order valence-corrected chi connectivity index (χ2v) is 3.12. The molecular weight excluding hydrogens is 210 g/mol. The standard InChI is InChI=1S/C11H15NO4/c1-14-10-8(5-6-16-12)3-4-9(7-13)11(10)15-2/h3-4,7H,5-6,12H2,1-2H3. The van der Waals surface area contributed by atoms with Gasteiger partial charge in [-0.3, -0.25) is 4.79 Å². The monoisotopic (exact) mass is 225 g/mol. The first-order chi connectivity index (χ1) is 7.78. The van der Waals surface area contributed by atoms with E-state index in [1.807, 2.05) is 0 Å². The van der Waals surface area contributed by atoms with Crippen LogP contribution in [0.5, 0.6) is 11.5 Å². The first-order valence-electron chi connectivity index (χ1n) is 4.79. The van der Waals surface area contributed by atoms with Crippen LogP contribution in [0.15, 0.2) is 12.1 Å². The molecule has 0 radical (unpaired) electrons. The molecule has 5 nitrogen and oxygen atoms in total. The van der Waals surface area contributed by atoms with Crippen LogP contribution in [0.25, 0.3) is 0 Å². The maximum atomic E-state index is 10.8. The van der Waals surface area contributed by atoms with Crippen LogP contribution in [0.4, 0.5) is 0 Å². The quantitative estimate of drug-likeness (QED) is 0.576. The van der Waals surface area contributed by atoms with E-state index < -0.39 is 0 Å². The highest BCUT2D eigenvalue weighted by atomic mass is 16.6. The van der Waals surface area contributed by atoms with E-state index in [1.54, 1.807) is 12.1 Å². The zero-order valence-electron chi connectivity index (χ0n) is 9.36. The molecule has 1 rings (SSSR count). The second-order valence-electron chi connectivity index (χ2n) is 3.12. The molecule has 0 fully saturated rings. The molecule has 0 aliphatic rings. The second kappa shape index (κ2) is 6.09. The third-order valence-electron chi connectivity index (χ3n) is 2.25. The van der Waals surface area contributed by atoms with Crippen molar-refractivity contribution in [1.29, 1.82) is 0 Å². The van der Waals surface area contributed by atoms with E-state index in [4.69, 9.17) is 15.4 Å². The molecular formula is C11H15NO4. The van der Waals surface area contributed by atoms with Crippen LogP contribution in [0.1, 0.15) is 15.9 Å². The lowest BCUT2D eigenvalue weighted by molar-refractivity contribution is 0.112. The third-order valence-corrected chi connectivity index (χ3v) is 2.25. The number of carbonyl (C=O) groups excluding carboxylic acids is 1. The number of hydrogen-bond acceptors (Lipinski definition) is 5. The Balaban J connectivity index is 3.14. The smallest absolute Gasteiger partial charge is 0.171 e. The highest BCUT2D eigenvalue weighted by Gasteiger charge is 2.14. The lowest BCUT2D eigenvalue weighted by Gasteiger charge is -2.13. The fourth-order valence-corrected chi connectivity index (χ4v) is 1.51. The van der Waals surface area contributed by atoms with E-state index in [0.717, 1.165) is 11.8 Å². The van der Waals surface area contributed by atoms with Gasteiger partial charge in [-0.25, -0.2) is 5.90 Å². The largest absolute Gasteiger partial charge is 0.493 e. The number of carbonyl (C=O) groups is 1. The fourth-order valence-electron chi connectivity index (χ4n) is 1.51. The van der Waals surface area contributed by atoms with Gasteiger partial charge in [0.25, 0.3) is 0 Å². The van der Waals surface area contributed by atoms with Crippen molar-refractivity contribution in [3.05, 3.63) is 23.3 Å². The molecule has 1 aromatic carbocycles. The van der Waals surface area contributed by atoms with E-state index in [-0.39, 0.29) is 0 Å². The Hall–Kier alpha value is -1.59. The summed E-state index contributed by atoms with van der Waals surface area (Å²) in [4.78, 5) is 15.3. The van der Waals surface area contributed by atoms with Gasteiger partial charge in [0.1, 0.15) is 0 Å². The maximum absolute atomic E-state index is 10.8. The summed E-state index contributed by atoms with van der Waals surface area (Å²) >= 11 is 0. The van der Waals surface area contributed by atoms with Gasteiger partial charge in [-0.05, 0) is 6.07 Å². The van der Waals surface area contributed by atoms with Gasteiger partial charge in [0.05, 0.1) is 26.4 Å². The minimum Gasteiger partial charge on any atom is -0.493 e. The zero-order chi connectivity index (χ0) is 12.0. The molecule has 0 heterocycles. The normalized spacial score (nSPS) is 9.94. The molecule has 0 aromatic heterocycles. The topological polar surface area (TPSA) is 70.8 Å². The van der Waals surface area contributed by atoms with Crippen LogP contribution in [-0.2, 0) is 11.3 Å². The summed E-state index contributed by atoms with van der Waals surface area (Å²) in [6.45, 7) is 0.375. The number of benzene rings is 1. The lowest BCUT2D eigenvalue weighted by Crippen LogP contribution is -2.06. The Morgan fingerprint density at radius 3 is 2.44 bits per heavy atom. The fraction of sp³-hybridized carbons (Fsp3) is 0.364. The van der Waals surface area contributed by atoms with E-state index in [9.17, 15) is 4.79 Å². The van der Waals surface area contributed by atoms with E-state index in [1.165, 1.54) is 14.2 Å². The molecule has 0 saturated heterocycles. The summed E-state index contributed by atoms with van der Waals surface area (Å²) in [6.07, 6.45) is 1.32. The molecule has 0 bridgehead atoms. The number of aldehydes is 1. The van der Waals surface area contributed by atoms with Crippen molar-refractivity contribution < 1.29 is 19.1 Å². The molecule has 88 valence electrons. The number of hydrogen-bond donors (Lipinski definition) is 1. The third kappa shape index (κ3) is 2.50. The molecule has 0 unspecified atom stereocenters. The minimum absolute atomic E-state index is 0.375. The molecule has 0 spiro atoms. The van der Waals surface area contributed by atoms with Crippen molar-refractivity contribution in [3.63, 3.8) is 0 Å². The molecule has 0 aliphatic heterocycles. The molecule has 0 amide bonds. The molecule has 0 atom stereocenters. The molecule has 1 aromatic rings. The summed E-state index contributed by atoms with van der Waals surface area (Å²) in [5.41, 5.74) is 1.34. The minimum atomic E-state index is 0.375. The number of rotatable bonds is 6. The van der Waals surface area contributed by atoms with Crippen LogP contribution < -0.4 is 15.4 Å². The summed E-state index contributed by atoms with van der Waals surface area (Å²) in [6, 6.07) is 3.48. The molecule has 0 saturated carbocycles. The highest BCUT2D eigenvalue weighted by molar-refractivity contribution is 5.81. The van der Waals surface area contributed by atoms with Gasteiger partial charge in [-0.2, -0.15) is 0 Å². The van der Waals surface area contributed by atoms with Gasteiger partial charge in [0.15, 0.2) is 17.8 Å². The molecule has 0 aliphatic carbocycles. The Morgan fingerprint density at radius 2 is 1.94 bits per heavy atom. The number of ether oxygens (including phenoxy) is 2. The van der Waals surface area contributed by atoms with Gasteiger partial charge >= 0.3 is 0 Å². The van der Waals surface area contributed by atoms with Crippen LogP contribution in [0.3, 0.4) is 0 Å². The maximum Gasteiger partial charge on any atom is 0.171 e. The van der Waals surface area contributed by atoms with Crippen LogP contribution in [0, 0.1) is 0 Å². The Bertz CT molecular complexity index is 365. The predicted octanol–water partition coefficient (Wildman–Crippen LogP) is 0.949. The van der Waals surface area contributed by atoms with Gasteiger partial charge in [0.2, 0.25) is 0 Å². The van der Waals surface area contributed by atoms with Crippen molar-refractivity contribution in [2.24, 2.45) is 5.90 Å². The van der Waals surface area contributed by atoms with E-state index >= 15 is 0 Å².